The largest absolute Gasteiger partial charge is 0.459 e. The lowest BCUT2D eigenvalue weighted by Crippen LogP contribution is -2.05. The predicted molar refractivity (Wildman–Crippen MR) is 84.4 cm³/mol. The van der Waals surface area contributed by atoms with Gasteiger partial charge in [0, 0.05) is 16.1 Å². The standard InChI is InChI=1S/C17H16ClNO/c1-11-7-8-14(10-15(11)18)19-12(2)17-9-13-5-3-4-6-16(13)20-17/h3-10,12,19H,1-2H3. The van der Waals surface area contributed by atoms with Crippen LogP contribution in [0.2, 0.25) is 5.02 Å². The van der Waals surface area contributed by atoms with Gasteiger partial charge in [-0.1, -0.05) is 35.9 Å². The molecule has 1 atom stereocenters. The zero-order chi connectivity index (χ0) is 14.1. The number of rotatable bonds is 3. The Kier molecular flexibility index (Phi) is 3.41. The summed E-state index contributed by atoms with van der Waals surface area (Å²) in [5.41, 5.74) is 2.99. The topological polar surface area (TPSA) is 25.2 Å². The molecular weight excluding hydrogens is 270 g/mol. The van der Waals surface area contributed by atoms with Gasteiger partial charge < -0.3 is 9.73 Å². The van der Waals surface area contributed by atoms with Crippen LogP contribution in [0.5, 0.6) is 0 Å². The minimum absolute atomic E-state index is 0.0844. The van der Waals surface area contributed by atoms with E-state index in [2.05, 4.69) is 24.4 Å². The lowest BCUT2D eigenvalue weighted by molar-refractivity contribution is 0.526. The first kappa shape index (κ1) is 13.1. The Morgan fingerprint density at radius 1 is 1.10 bits per heavy atom. The van der Waals surface area contributed by atoms with Crippen LogP contribution in [0.1, 0.15) is 24.3 Å². The molecule has 3 heteroatoms. The highest BCUT2D eigenvalue weighted by Gasteiger charge is 2.11. The van der Waals surface area contributed by atoms with E-state index in [1.54, 1.807) is 0 Å². The number of para-hydroxylation sites is 1. The van der Waals surface area contributed by atoms with Crippen molar-refractivity contribution < 1.29 is 4.42 Å². The van der Waals surface area contributed by atoms with Crippen LogP contribution in [0, 0.1) is 6.92 Å². The van der Waals surface area contributed by atoms with Crippen molar-refractivity contribution in [3.63, 3.8) is 0 Å². The van der Waals surface area contributed by atoms with E-state index in [0.29, 0.717) is 0 Å². The second-order valence-corrected chi connectivity index (χ2v) is 5.42. The Morgan fingerprint density at radius 2 is 1.90 bits per heavy atom. The van der Waals surface area contributed by atoms with Crippen molar-refractivity contribution in [2.75, 3.05) is 5.32 Å². The molecule has 0 saturated carbocycles. The summed E-state index contributed by atoms with van der Waals surface area (Å²) in [6, 6.07) is 16.2. The lowest BCUT2D eigenvalue weighted by atomic mass is 10.2. The summed E-state index contributed by atoms with van der Waals surface area (Å²) in [6.07, 6.45) is 0. The van der Waals surface area contributed by atoms with Crippen LogP contribution in [0.15, 0.2) is 52.9 Å². The molecule has 0 spiro atoms. The summed E-state index contributed by atoms with van der Waals surface area (Å²) in [5.74, 6) is 0.919. The Morgan fingerprint density at radius 3 is 2.65 bits per heavy atom. The SMILES string of the molecule is Cc1ccc(NC(C)c2cc3ccccc3o2)cc1Cl. The fourth-order valence-corrected chi connectivity index (χ4v) is 2.40. The van der Waals surface area contributed by atoms with Gasteiger partial charge in [0.1, 0.15) is 11.3 Å². The quantitative estimate of drug-likeness (QED) is 0.681. The maximum absolute atomic E-state index is 6.14. The van der Waals surface area contributed by atoms with E-state index in [-0.39, 0.29) is 6.04 Å². The maximum Gasteiger partial charge on any atom is 0.134 e. The Balaban J connectivity index is 1.84. The summed E-state index contributed by atoms with van der Waals surface area (Å²) in [5, 5.41) is 5.30. The maximum atomic E-state index is 6.14. The molecule has 3 rings (SSSR count). The van der Waals surface area contributed by atoms with E-state index < -0.39 is 0 Å². The Hall–Kier alpha value is -1.93. The molecule has 1 unspecified atom stereocenters. The molecule has 0 amide bonds. The van der Waals surface area contributed by atoms with Crippen molar-refractivity contribution in [1.29, 1.82) is 0 Å². The van der Waals surface area contributed by atoms with Gasteiger partial charge in [-0.05, 0) is 43.7 Å². The molecule has 0 radical (unpaired) electrons. The number of fused-ring (bicyclic) bond motifs is 1. The number of hydrogen-bond donors (Lipinski definition) is 1. The molecule has 3 aromatic rings. The second-order valence-electron chi connectivity index (χ2n) is 5.02. The van der Waals surface area contributed by atoms with Crippen molar-refractivity contribution >= 4 is 28.3 Å². The van der Waals surface area contributed by atoms with E-state index in [1.807, 2.05) is 43.3 Å². The molecule has 2 nitrogen and oxygen atoms in total. The van der Waals surface area contributed by atoms with Crippen LogP contribution in [0.25, 0.3) is 11.0 Å². The zero-order valence-electron chi connectivity index (χ0n) is 11.5. The van der Waals surface area contributed by atoms with Gasteiger partial charge in [0.15, 0.2) is 0 Å². The number of furan rings is 1. The highest BCUT2D eigenvalue weighted by atomic mass is 35.5. The molecule has 1 heterocycles. The van der Waals surface area contributed by atoms with E-state index in [9.17, 15) is 0 Å². The average molecular weight is 286 g/mol. The normalized spacial score (nSPS) is 12.6. The van der Waals surface area contributed by atoms with Gasteiger partial charge in [-0.3, -0.25) is 0 Å². The number of aryl methyl sites for hydroxylation is 1. The van der Waals surface area contributed by atoms with Crippen LogP contribution in [-0.2, 0) is 0 Å². The highest BCUT2D eigenvalue weighted by Crippen LogP contribution is 2.27. The van der Waals surface area contributed by atoms with Gasteiger partial charge in [0.25, 0.3) is 0 Å². The summed E-state index contributed by atoms with van der Waals surface area (Å²) < 4.78 is 5.86. The molecule has 2 aromatic carbocycles. The van der Waals surface area contributed by atoms with E-state index in [0.717, 1.165) is 33.0 Å². The van der Waals surface area contributed by atoms with Crippen molar-refractivity contribution in [2.24, 2.45) is 0 Å². The first-order valence-electron chi connectivity index (χ1n) is 6.64. The van der Waals surface area contributed by atoms with Gasteiger partial charge in [0.2, 0.25) is 0 Å². The molecule has 20 heavy (non-hydrogen) atoms. The van der Waals surface area contributed by atoms with E-state index in [1.165, 1.54) is 0 Å². The third-order valence-corrected chi connectivity index (χ3v) is 3.83. The fraction of sp³-hybridized carbons (Fsp3) is 0.176. The molecule has 0 fully saturated rings. The summed E-state index contributed by atoms with van der Waals surface area (Å²) in [4.78, 5) is 0. The van der Waals surface area contributed by atoms with Gasteiger partial charge in [-0.2, -0.15) is 0 Å². The zero-order valence-corrected chi connectivity index (χ0v) is 12.2. The van der Waals surface area contributed by atoms with Gasteiger partial charge in [0.05, 0.1) is 6.04 Å². The van der Waals surface area contributed by atoms with Crippen molar-refractivity contribution in [3.05, 3.63) is 64.9 Å². The minimum Gasteiger partial charge on any atom is -0.459 e. The molecule has 102 valence electrons. The van der Waals surface area contributed by atoms with E-state index >= 15 is 0 Å². The van der Waals surface area contributed by atoms with Crippen LogP contribution in [0.3, 0.4) is 0 Å². The molecule has 1 aromatic heterocycles. The molecule has 0 saturated heterocycles. The van der Waals surface area contributed by atoms with E-state index in [4.69, 9.17) is 16.0 Å². The van der Waals surface area contributed by atoms with Crippen LogP contribution in [-0.4, -0.2) is 0 Å². The summed E-state index contributed by atoms with van der Waals surface area (Å²) in [7, 11) is 0. The highest BCUT2D eigenvalue weighted by molar-refractivity contribution is 6.31. The second kappa shape index (κ2) is 5.22. The molecule has 0 aliphatic heterocycles. The first-order valence-corrected chi connectivity index (χ1v) is 7.02. The van der Waals surface area contributed by atoms with Crippen molar-refractivity contribution in [2.45, 2.75) is 19.9 Å². The summed E-state index contributed by atoms with van der Waals surface area (Å²) >= 11 is 6.14. The third-order valence-electron chi connectivity index (χ3n) is 3.43. The van der Waals surface area contributed by atoms with Crippen LogP contribution < -0.4 is 5.32 Å². The van der Waals surface area contributed by atoms with Crippen molar-refractivity contribution in [1.82, 2.24) is 0 Å². The van der Waals surface area contributed by atoms with Gasteiger partial charge >= 0.3 is 0 Å². The number of anilines is 1. The number of nitrogens with one attached hydrogen (secondary N) is 1. The predicted octanol–water partition coefficient (Wildman–Crippen LogP) is 5.57. The molecule has 1 N–H and O–H groups in total. The van der Waals surface area contributed by atoms with Crippen molar-refractivity contribution in [3.8, 4) is 0 Å². The average Bonchev–Trinajstić information content (AvgIpc) is 2.87. The van der Waals surface area contributed by atoms with Gasteiger partial charge in [-0.25, -0.2) is 0 Å². The fourth-order valence-electron chi connectivity index (χ4n) is 2.22. The lowest BCUT2D eigenvalue weighted by Gasteiger charge is -2.13. The van der Waals surface area contributed by atoms with Crippen LogP contribution >= 0.6 is 11.6 Å². The Labute approximate surface area is 123 Å². The number of benzene rings is 2. The smallest absolute Gasteiger partial charge is 0.134 e. The third kappa shape index (κ3) is 2.52. The monoisotopic (exact) mass is 285 g/mol. The molecular formula is C17H16ClNO. The molecule has 0 aliphatic rings. The minimum atomic E-state index is 0.0844. The number of halogens is 1. The van der Waals surface area contributed by atoms with Crippen LogP contribution in [0.4, 0.5) is 5.69 Å². The van der Waals surface area contributed by atoms with Gasteiger partial charge in [-0.15, -0.1) is 0 Å². The number of hydrogen-bond acceptors (Lipinski definition) is 2. The molecule has 0 bridgehead atoms. The first-order chi connectivity index (χ1) is 9.63. The molecule has 0 aliphatic carbocycles. The Bertz CT molecular complexity index is 715. The summed E-state index contributed by atoms with van der Waals surface area (Å²) in [6.45, 7) is 4.07.